The summed E-state index contributed by atoms with van der Waals surface area (Å²) in [6.07, 6.45) is 0.694. The first-order valence-electron chi connectivity index (χ1n) is 10.8. The van der Waals surface area contributed by atoms with Crippen LogP contribution in [0.15, 0.2) is 54.6 Å². The van der Waals surface area contributed by atoms with Crippen molar-refractivity contribution in [2.75, 3.05) is 39.8 Å². The molecule has 1 fully saturated rings. The van der Waals surface area contributed by atoms with Crippen LogP contribution in [0.5, 0.6) is 0 Å². The number of halogens is 1. The molecule has 0 spiro atoms. The van der Waals surface area contributed by atoms with Gasteiger partial charge in [0.05, 0.1) is 6.10 Å². The molecule has 7 heteroatoms. The molecule has 2 N–H and O–H groups in total. The van der Waals surface area contributed by atoms with Gasteiger partial charge in [-0.25, -0.2) is 9.87 Å². The minimum Gasteiger partial charge on any atom is -0.377 e. The number of nitrogens with zero attached hydrogens (tertiary/aromatic N) is 2. The lowest BCUT2D eigenvalue weighted by Crippen LogP contribution is -2.46. The van der Waals surface area contributed by atoms with Gasteiger partial charge in [-0.3, -0.25) is 14.9 Å². The Balaban J connectivity index is 1.50. The Morgan fingerprint density at radius 2 is 1.71 bits per heavy atom. The van der Waals surface area contributed by atoms with Crippen LogP contribution in [0.1, 0.15) is 30.1 Å². The van der Waals surface area contributed by atoms with Crippen molar-refractivity contribution >= 4 is 5.91 Å². The third kappa shape index (κ3) is 7.11. The van der Waals surface area contributed by atoms with Crippen LogP contribution in [-0.4, -0.2) is 60.7 Å². The average Bonchev–Trinajstić information content (AvgIpc) is 2.81. The summed E-state index contributed by atoms with van der Waals surface area (Å²) in [5.41, 5.74) is 3.93. The number of amides is 1. The van der Waals surface area contributed by atoms with Gasteiger partial charge in [0, 0.05) is 45.8 Å². The molecule has 0 bridgehead atoms. The maximum Gasteiger partial charge on any atom is 0.246 e. The summed E-state index contributed by atoms with van der Waals surface area (Å²) < 4.78 is 18.8. The first-order valence-corrected chi connectivity index (χ1v) is 10.8. The summed E-state index contributed by atoms with van der Waals surface area (Å²) in [5, 5.41) is 9.20. The van der Waals surface area contributed by atoms with Crippen LogP contribution in [0.3, 0.4) is 0 Å². The summed E-state index contributed by atoms with van der Waals surface area (Å²) >= 11 is 0. The first-order chi connectivity index (χ1) is 15.1. The Kier molecular flexibility index (Phi) is 8.97. The monoisotopic (exact) mass is 429 g/mol. The number of ether oxygens (including phenoxy) is 1. The molecule has 1 saturated heterocycles. The molecular weight excluding hydrogens is 397 g/mol. The zero-order valence-corrected chi connectivity index (χ0v) is 18.0. The van der Waals surface area contributed by atoms with E-state index in [4.69, 9.17) is 4.74 Å². The van der Waals surface area contributed by atoms with Crippen LogP contribution >= 0.6 is 0 Å². The van der Waals surface area contributed by atoms with E-state index in [2.05, 4.69) is 34.1 Å². The predicted molar refractivity (Wildman–Crippen MR) is 117 cm³/mol. The number of hydrogen-bond donors (Lipinski definition) is 2. The van der Waals surface area contributed by atoms with Crippen LogP contribution in [0.4, 0.5) is 4.39 Å². The van der Waals surface area contributed by atoms with E-state index in [9.17, 15) is 14.4 Å². The number of piperazine rings is 1. The number of hydrogen-bond acceptors (Lipinski definition) is 5. The molecule has 2 aromatic rings. The second-order valence-corrected chi connectivity index (χ2v) is 8.08. The highest BCUT2D eigenvalue weighted by molar-refractivity contribution is 5.77. The molecule has 0 radical (unpaired) electrons. The zero-order chi connectivity index (χ0) is 22.1. The number of carbonyl (C=O) groups is 1. The largest absolute Gasteiger partial charge is 0.377 e. The molecule has 0 aliphatic carbocycles. The van der Waals surface area contributed by atoms with Crippen LogP contribution in [-0.2, 0) is 16.1 Å². The maximum atomic E-state index is 13.2. The number of methoxy groups -OCH3 is 1. The molecule has 3 rings (SSSR count). The molecule has 1 amide bonds. The molecule has 2 aromatic carbocycles. The van der Waals surface area contributed by atoms with Crippen molar-refractivity contribution < 1.29 is 19.1 Å². The molecule has 1 aliphatic heterocycles. The molecule has 2 atom stereocenters. The van der Waals surface area contributed by atoms with Crippen LogP contribution in [0.2, 0.25) is 0 Å². The summed E-state index contributed by atoms with van der Waals surface area (Å²) in [4.78, 5) is 17.1. The van der Waals surface area contributed by atoms with Crippen molar-refractivity contribution in [3.8, 4) is 0 Å². The highest BCUT2D eigenvalue weighted by Crippen LogP contribution is 2.27. The van der Waals surface area contributed by atoms with Gasteiger partial charge in [-0.05, 0) is 42.6 Å². The summed E-state index contributed by atoms with van der Waals surface area (Å²) in [7, 11) is 1.58. The van der Waals surface area contributed by atoms with Crippen molar-refractivity contribution in [2.45, 2.75) is 25.5 Å². The normalized spacial score (nSPS) is 17.3. The topological polar surface area (TPSA) is 65.0 Å². The van der Waals surface area contributed by atoms with E-state index >= 15 is 0 Å². The molecule has 31 heavy (non-hydrogen) atoms. The summed E-state index contributed by atoms with van der Waals surface area (Å²) in [6.45, 7) is 5.61. The fourth-order valence-electron chi connectivity index (χ4n) is 4.10. The molecule has 1 aliphatic rings. The maximum absolute atomic E-state index is 13.2. The van der Waals surface area contributed by atoms with Gasteiger partial charge in [-0.2, -0.15) is 0 Å². The number of hydroxylamine groups is 1. The van der Waals surface area contributed by atoms with Crippen LogP contribution < -0.4 is 5.48 Å². The van der Waals surface area contributed by atoms with Gasteiger partial charge in [-0.1, -0.05) is 42.5 Å². The Bertz CT molecular complexity index is 795. The van der Waals surface area contributed by atoms with E-state index in [1.165, 1.54) is 17.7 Å². The minimum absolute atomic E-state index is 0.310. The third-order valence-electron chi connectivity index (χ3n) is 6.01. The van der Waals surface area contributed by atoms with Crippen molar-refractivity contribution in [1.29, 1.82) is 0 Å². The third-order valence-corrected chi connectivity index (χ3v) is 6.01. The first kappa shape index (κ1) is 23.3. The van der Waals surface area contributed by atoms with Crippen molar-refractivity contribution in [2.24, 2.45) is 5.92 Å². The van der Waals surface area contributed by atoms with Crippen molar-refractivity contribution in [1.82, 2.24) is 15.3 Å². The highest BCUT2D eigenvalue weighted by atomic mass is 19.1. The highest BCUT2D eigenvalue weighted by Gasteiger charge is 2.26. The van der Waals surface area contributed by atoms with Gasteiger partial charge in [0.15, 0.2) is 0 Å². The Labute approximate surface area is 183 Å². The number of benzene rings is 2. The molecule has 1 heterocycles. The smallest absolute Gasteiger partial charge is 0.246 e. The fraction of sp³-hybridized carbons (Fsp3) is 0.458. The Hall–Kier alpha value is -2.32. The van der Waals surface area contributed by atoms with Gasteiger partial charge in [-0.15, -0.1) is 0 Å². The number of nitrogens with one attached hydrogen (secondary N) is 1. The molecule has 0 saturated carbocycles. The van der Waals surface area contributed by atoms with E-state index in [1.54, 1.807) is 24.7 Å². The van der Waals surface area contributed by atoms with E-state index in [1.807, 2.05) is 6.07 Å². The van der Waals surface area contributed by atoms with Crippen molar-refractivity contribution in [3.05, 3.63) is 71.5 Å². The van der Waals surface area contributed by atoms with E-state index in [0.29, 0.717) is 12.8 Å². The van der Waals surface area contributed by atoms with E-state index in [0.717, 1.165) is 44.8 Å². The van der Waals surface area contributed by atoms with E-state index in [-0.39, 0.29) is 11.9 Å². The lowest BCUT2D eigenvalue weighted by atomic mass is 9.93. The van der Waals surface area contributed by atoms with Gasteiger partial charge in [0.2, 0.25) is 5.91 Å². The quantitative estimate of drug-likeness (QED) is 0.448. The Morgan fingerprint density at radius 3 is 2.32 bits per heavy atom. The lowest BCUT2D eigenvalue weighted by molar-refractivity contribution is -0.135. The van der Waals surface area contributed by atoms with Crippen LogP contribution in [0.25, 0.3) is 0 Å². The minimum atomic E-state index is -0.410. The second kappa shape index (κ2) is 11.9. The zero-order valence-electron chi connectivity index (χ0n) is 18.0. The van der Waals surface area contributed by atoms with Gasteiger partial charge in [0.1, 0.15) is 5.82 Å². The molecule has 0 unspecified atom stereocenters. The SMILES string of the molecule is CO[C@H](C[C@H](CCN1CCN(Cc2ccccc2)CC1)C(=O)NO)c1ccc(F)cc1. The molecule has 0 aromatic heterocycles. The Morgan fingerprint density at radius 1 is 1.06 bits per heavy atom. The summed E-state index contributed by atoms with van der Waals surface area (Å²) in [5.74, 6) is -1.12. The summed E-state index contributed by atoms with van der Waals surface area (Å²) in [6, 6.07) is 16.6. The molecular formula is C24H32FN3O3. The van der Waals surface area contributed by atoms with E-state index < -0.39 is 11.8 Å². The predicted octanol–water partition coefficient (Wildman–Crippen LogP) is 3.23. The fourth-order valence-corrected chi connectivity index (χ4v) is 4.10. The number of rotatable bonds is 10. The van der Waals surface area contributed by atoms with Gasteiger partial charge < -0.3 is 9.64 Å². The van der Waals surface area contributed by atoms with Crippen molar-refractivity contribution in [3.63, 3.8) is 0 Å². The standard InChI is InChI=1S/C24H32FN3O3/c1-31-23(20-7-9-22(25)10-8-20)17-21(24(29)26-30)11-12-27-13-15-28(16-14-27)18-19-5-3-2-4-6-19/h2-10,21,23,30H,11-18H2,1H3,(H,26,29)/t21-,23+/m0/s1. The van der Waals surface area contributed by atoms with Gasteiger partial charge >= 0.3 is 0 Å². The average molecular weight is 430 g/mol. The molecule has 6 nitrogen and oxygen atoms in total. The lowest BCUT2D eigenvalue weighted by Gasteiger charge is -2.35. The molecule has 168 valence electrons. The number of carbonyl (C=O) groups excluding carboxylic acids is 1. The van der Waals surface area contributed by atoms with Crippen LogP contribution in [0, 0.1) is 11.7 Å². The second-order valence-electron chi connectivity index (χ2n) is 8.08. The van der Waals surface area contributed by atoms with Gasteiger partial charge in [0.25, 0.3) is 0 Å².